The van der Waals surface area contributed by atoms with Gasteiger partial charge < -0.3 is 20.4 Å². The van der Waals surface area contributed by atoms with Crippen molar-refractivity contribution in [3.63, 3.8) is 0 Å². The van der Waals surface area contributed by atoms with Gasteiger partial charge in [-0.15, -0.1) is 0 Å². The second-order valence-corrected chi connectivity index (χ2v) is 6.83. The molecule has 1 saturated heterocycles. The summed E-state index contributed by atoms with van der Waals surface area (Å²) in [5, 5.41) is 5.41. The number of benzene rings is 1. The second kappa shape index (κ2) is 10.9. The fourth-order valence-electron chi connectivity index (χ4n) is 2.91. The lowest BCUT2D eigenvalue weighted by Gasteiger charge is -2.32. The Morgan fingerprint density at radius 1 is 1.04 bits per heavy atom. The molecule has 2 rings (SSSR count). The summed E-state index contributed by atoms with van der Waals surface area (Å²) in [7, 11) is 2.12. The van der Waals surface area contributed by atoms with Crippen molar-refractivity contribution in [2.24, 2.45) is 0 Å². The monoisotopic (exact) mass is 382 g/mol. The molecular formula is C19H28F2N4O2. The molecule has 1 heterocycles. The highest BCUT2D eigenvalue weighted by Gasteiger charge is 2.13. The second-order valence-electron chi connectivity index (χ2n) is 6.83. The van der Waals surface area contributed by atoms with Crippen molar-refractivity contribution in [1.82, 2.24) is 20.4 Å². The van der Waals surface area contributed by atoms with Crippen LogP contribution in [-0.2, 0) is 4.79 Å². The lowest BCUT2D eigenvalue weighted by Crippen LogP contribution is -2.45. The molecule has 2 amide bonds. The van der Waals surface area contributed by atoms with E-state index in [0.717, 1.165) is 51.3 Å². The Bertz CT molecular complexity index is 634. The standard InChI is InChI=1S/C19H28F2N4O2/c1-24-10-12-25(13-11-24)9-3-8-22-18(26)4-2-7-23-19(27)16-6-5-15(20)14-17(16)21/h5-6,14H,2-4,7-13H2,1H3,(H,22,26)(H,23,27). The average Bonchev–Trinajstić information content (AvgIpc) is 2.63. The number of hydrogen-bond acceptors (Lipinski definition) is 4. The normalized spacial score (nSPS) is 15.5. The van der Waals surface area contributed by atoms with Gasteiger partial charge in [0.25, 0.3) is 5.91 Å². The van der Waals surface area contributed by atoms with Gasteiger partial charge in [0.1, 0.15) is 11.6 Å². The van der Waals surface area contributed by atoms with Gasteiger partial charge in [-0.3, -0.25) is 9.59 Å². The number of amides is 2. The zero-order valence-electron chi connectivity index (χ0n) is 15.8. The van der Waals surface area contributed by atoms with Crippen LogP contribution < -0.4 is 10.6 Å². The quantitative estimate of drug-likeness (QED) is 0.631. The van der Waals surface area contributed by atoms with Gasteiger partial charge in [-0.2, -0.15) is 0 Å². The first-order chi connectivity index (χ1) is 13.0. The van der Waals surface area contributed by atoms with Crippen LogP contribution in [0.4, 0.5) is 8.78 Å². The smallest absolute Gasteiger partial charge is 0.254 e. The van der Waals surface area contributed by atoms with E-state index in [1.54, 1.807) is 0 Å². The Labute approximate surface area is 158 Å². The molecule has 0 aromatic heterocycles. The molecule has 0 saturated carbocycles. The van der Waals surface area contributed by atoms with Crippen LogP contribution in [0.25, 0.3) is 0 Å². The molecule has 1 aliphatic heterocycles. The predicted molar refractivity (Wildman–Crippen MR) is 99.5 cm³/mol. The largest absolute Gasteiger partial charge is 0.356 e. The molecular weight excluding hydrogens is 354 g/mol. The number of carbonyl (C=O) groups is 2. The molecule has 8 heteroatoms. The van der Waals surface area contributed by atoms with Crippen molar-refractivity contribution >= 4 is 11.8 Å². The minimum atomic E-state index is -0.898. The van der Waals surface area contributed by atoms with Crippen LogP contribution in [0.5, 0.6) is 0 Å². The van der Waals surface area contributed by atoms with Crippen LogP contribution in [0, 0.1) is 11.6 Å². The molecule has 0 unspecified atom stereocenters. The van der Waals surface area contributed by atoms with E-state index in [4.69, 9.17) is 0 Å². The zero-order valence-corrected chi connectivity index (χ0v) is 15.8. The van der Waals surface area contributed by atoms with E-state index < -0.39 is 17.5 Å². The molecule has 0 bridgehead atoms. The van der Waals surface area contributed by atoms with Crippen molar-refractivity contribution in [3.8, 4) is 0 Å². The average molecular weight is 382 g/mol. The molecule has 1 fully saturated rings. The summed E-state index contributed by atoms with van der Waals surface area (Å²) in [6, 6.07) is 2.81. The number of nitrogens with one attached hydrogen (secondary N) is 2. The van der Waals surface area contributed by atoms with Gasteiger partial charge >= 0.3 is 0 Å². The number of halogens is 2. The third-order valence-electron chi connectivity index (χ3n) is 4.61. The highest BCUT2D eigenvalue weighted by atomic mass is 19.1. The summed E-state index contributed by atoms with van der Waals surface area (Å²) in [6.45, 7) is 6.17. The maximum absolute atomic E-state index is 13.5. The summed E-state index contributed by atoms with van der Waals surface area (Å²) < 4.78 is 26.3. The summed E-state index contributed by atoms with van der Waals surface area (Å²) in [6.07, 6.45) is 1.66. The van der Waals surface area contributed by atoms with E-state index >= 15 is 0 Å². The number of rotatable bonds is 9. The fourth-order valence-corrected chi connectivity index (χ4v) is 2.91. The summed E-state index contributed by atoms with van der Waals surface area (Å²) in [5.74, 6) is -2.30. The van der Waals surface area contributed by atoms with E-state index in [9.17, 15) is 18.4 Å². The van der Waals surface area contributed by atoms with E-state index in [2.05, 4.69) is 27.5 Å². The highest BCUT2D eigenvalue weighted by Crippen LogP contribution is 2.09. The third-order valence-corrected chi connectivity index (χ3v) is 4.61. The molecule has 1 aromatic carbocycles. The van der Waals surface area contributed by atoms with Gasteiger partial charge in [0.15, 0.2) is 0 Å². The fraction of sp³-hybridized carbons (Fsp3) is 0.579. The number of likely N-dealkylation sites (N-methyl/N-ethyl adjacent to an activating group) is 1. The first-order valence-corrected chi connectivity index (χ1v) is 9.36. The minimum absolute atomic E-state index is 0.0596. The van der Waals surface area contributed by atoms with Crippen molar-refractivity contribution in [2.75, 3.05) is 52.9 Å². The Morgan fingerprint density at radius 2 is 1.74 bits per heavy atom. The van der Waals surface area contributed by atoms with E-state index in [-0.39, 0.29) is 18.0 Å². The Hall–Kier alpha value is -2.06. The van der Waals surface area contributed by atoms with Gasteiger partial charge in [-0.25, -0.2) is 8.78 Å². The van der Waals surface area contributed by atoms with Crippen molar-refractivity contribution in [3.05, 3.63) is 35.4 Å². The molecule has 1 aromatic rings. The minimum Gasteiger partial charge on any atom is -0.356 e. The Morgan fingerprint density at radius 3 is 2.44 bits per heavy atom. The topological polar surface area (TPSA) is 64.7 Å². The van der Waals surface area contributed by atoms with Gasteiger partial charge in [-0.1, -0.05) is 0 Å². The molecule has 150 valence electrons. The lowest BCUT2D eigenvalue weighted by molar-refractivity contribution is -0.121. The van der Waals surface area contributed by atoms with Gasteiger partial charge in [0, 0.05) is 51.8 Å². The number of piperazine rings is 1. The summed E-state index contributed by atoms with van der Waals surface area (Å²) in [5.41, 5.74) is -0.204. The first kappa shape index (κ1) is 21.2. The summed E-state index contributed by atoms with van der Waals surface area (Å²) in [4.78, 5) is 28.3. The maximum Gasteiger partial charge on any atom is 0.254 e. The Kier molecular flexibility index (Phi) is 8.60. The van der Waals surface area contributed by atoms with Crippen LogP contribution in [0.15, 0.2) is 18.2 Å². The van der Waals surface area contributed by atoms with Crippen molar-refractivity contribution in [1.29, 1.82) is 0 Å². The van der Waals surface area contributed by atoms with Crippen molar-refractivity contribution in [2.45, 2.75) is 19.3 Å². The van der Waals surface area contributed by atoms with Gasteiger partial charge in [-0.05, 0) is 38.6 Å². The molecule has 0 aliphatic carbocycles. The third kappa shape index (κ3) is 7.60. The molecule has 2 N–H and O–H groups in total. The van der Waals surface area contributed by atoms with Crippen LogP contribution in [0.2, 0.25) is 0 Å². The predicted octanol–water partition coefficient (Wildman–Crippen LogP) is 1.23. The molecule has 0 spiro atoms. The van der Waals surface area contributed by atoms with E-state index in [0.29, 0.717) is 25.5 Å². The Balaban J connectivity index is 1.52. The van der Waals surface area contributed by atoms with Crippen molar-refractivity contribution < 1.29 is 18.4 Å². The molecule has 1 aliphatic rings. The molecule has 0 radical (unpaired) electrons. The first-order valence-electron chi connectivity index (χ1n) is 9.36. The number of nitrogens with zero attached hydrogens (tertiary/aromatic N) is 2. The van der Waals surface area contributed by atoms with Gasteiger partial charge in [0.2, 0.25) is 5.91 Å². The van der Waals surface area contributed by atoms with Crippen LogP contribution in [0.1, 0.15) is 29.6 Å². The molecule has 6 nitrogen and oxygen atoms in total. The maximum atomic E-state index is 13.5. The molecule has 27 heavy (non-hydrogen) atoms. The van der Waals surface area contributed by atoms with E-state index in [1.807, 2.05) is 0 Å². The number of carbonyl (C=O) groups excluding carboxylic acids is 2. The highest BCUT2D eigenvalue weighted by molar-refractivity contribution is 5.94. The molecule has 0 atom stereocenters. The van der Waals surface area contributed by atoms with Crippen LogP contribution in [-0.4, -0.2) is 74.5 Å². The number of hydrogen-bond donors (Lipinski definition) is 2. The zero-order chi connectivity index (χ0) is 19.6. The summed E-state index contributed by atoms with van der Waals surface area (Å²) >= 11 is 0. The lowest BCUT2D eigenvalue weighted by atomic mass is 10.2. The SMILES string of the molecule is CN1CCN(CCCNC(=O)CCCNC(=O)c2ccc(F)cc2F)CC1. The van der Waals surface area contributed by atoms with Crippen LogP contribution in [0.3, 0.4) is 0 Å². The van der Waals surface area contributed by atoms with Crippen LogP contribution >= 0.6 is 0 Å². The van der Waals surface area contributed by atoms with E-state index in [1.165, 1.54) is 0 Å². The van der Waals surface area contributed by atoms with Gasteiger partial charge in [0.05, 0.1) is 5.56 Å².